The average Bonchev–Trinajstić information content (AvgIpc) is 2.83. The Kier molecular flexibility index (Phi) is 8.47. The van der Waals surface area contributed by atoms with Crippen LogP contribution in [0.1, 0.15) is 96.8 Å². The van der Waals surface area contributed by atoms with Gasteiger partial charge in [-0.2, -0.15) is 0 Å². The molecule has 0 radical (unpaired) electrons. The van der Waals surface area contributed by atoms with E-state index in [-0.39, 0.29) is 29.9 Å². The monoisotopic (exact) mass is 512 g/mol. The molecule has 0 bridgehead atoms. The highest BCUT2D eigenvalue weighted by Gasteiger charge is 2.53. The van der Waals surface area contributed by atoms with Gasteiger partial charge in [-0.05, 0) is 107 Å². The zero-order valence-electron chi connectivity index (χ0n) is 21.9. The number of rotatable bonds is 5. The highest BCUT2D eigenvalue weighted by atomic mass is 32.2. The second kappa shape index (κ2) is 11.2. The van der Waals surface area contributed by atoms with Gasteiger partial charge in [0.25, 0.3) is 0 Å². The summed E-state index contributed by atoms with van der Waals surface area (Å²) >= 11 is 0. The third-order valence-electron chi connectivity index (χ3n) is 10.8. The molecule has 7 heteroatoms. The van der Waals surface area contributed by atoms with Crippen LogP contribution in [-0.2, 0) is 10.0 Å². The number of aliphatic hydroxyl groups is 1. The van der Waals surface area contributed by atoms with Gasteiger partial charge >= 0.3 is 0 Å². The molecule has 0 aromatic heterocycles. The molecule has 2 saturated heterocycles. The van der Waals surface area contributed by atoms with E-state index >= 15 is 0 Å². The summed E-state index contributed by atoms with van der Waals surface area (Å²) in [7, 11) is -3.29. The fourth-order valence-electron chi connectivity index (χ4n) is 8.88. The van der Waals surface area contributed by atoms with Gasteiger partial charge < -0.3 is 5.11 Å². The highest BCUT2D eigenvalue weighted by Crippen LogP contribution is 2.48. The normalized spacial score (nSPS) is 44.6. The molecule has 5 fully saturated rings. The van der Waals surface area contributed by atoms with Crippen LogP contribution in [0.25, 0.3) is 0 Å². The minimum absolute atomic E-state index is 0.180. The van der Waals surface area contributed by atoms with Crippen LogP contribution in [0, 0.1) is 29.6 Å². The van der Waals surface area contributed by atoms with Crippen LogP contribution in [0.5, 0.6) is 0 Å². The van der Waals surface area contributed by atoms with E-state index in [1.807, 2.05) is 4.31 Å². The second-order valence-corrected chi connectivity index (χ2v) is 14.9. The van der Waals surface area contributed by atoms with Crippen molar-refractivity contribution in [3.63, 3.8) is 0 Å². The van der Waals surface area contributed by atoms with Crippen molar-refractivity contribution in [2.45, 2.75) is 120 Å². The maximum atomic E-state index is 14.0. The standard InChI is InChI=1S/C28H49FN2O3S/c1-20-7-2-3-10-27(20)35(33,34)30-15-4-5-16-31-25(18-30)28(26(31)19-32)22-13-11-21(12-14-22)23-8-6-9-24(29)17-23/h20-28,32H,2-19H2,1H3/t20?,21?,22?,23?,24?,25?,26-,27?,28+/m1/s1. The molecular weight excluding hydrogens is 463 g/mol. The maximum Gasteiger partial charge on any atom is 0.217 e. The van der Waals surface area contributed by atoms with Gasteiger partial charge in [-0.3, -0.25) is 4.90 Å². The largest absolute Gasteiger partial charge is 0.395 e. The Bertz CT molecular complexity index is 802. The van der Waals surface area contributed by atoms with Crippen molar-refractivity contribution >= 4 is 10.0 Å². The summed E-state index contributed by atoms with van der Waals surface area (Å²) in [6, 6.07) is 0.426. The lowest BCUT2D eigenvalue weighted by Gasteiger charge is -2.60. The van der Waals surface area contributed by atoms with Crippen LogP contribution in [0.3, 0.4) is 0 Å². The first-order valence-electron chi connectivity index (χ1n) is 14.9. The summed E-state index contributed by atoms with van der Waals surface area (Å²) in [4.78, 5) is 2.44. The summed E-state index contributed by atoms with van der Waals surface area (Å²) in [5.41, 5.74) is 0. The van der Waals surface area contributed by atoms with E-state index in [9.17, 15) is 17.9 Å². The first-order chi connectivity index (χ1) is 16.9. The summed E-state index contributed by atoms with van der Waals surface area (Å²) in [6.07, 6.45) is 13.8. The van der Waals surface area contributed by atoms with Gasteiger partial charge in [0.1, 0.15) is 6.17 Å². The minimum atomic E-state index is -3.29. The third-order valence-corrected chi connectivity index (χ3v) is 13.4. The van der Waals surface area contributed by atoms with Crippen LogP contribution >= 0.6 is 0 Å². The molecule has 5 nitrogen and oxygen atoms in total. The summed E-state index contributed by atoms with van der Waals surface area (Å²) < 4.78 is 43.5. The van der Waals surface area contributed by atoms with Crippen molar-refractivity contribution in [2.24, 2.45) is 29.6 Å². The van der Waals surface area contributed by atoms with E-state index in [0.29, 0.717) is 36.8 Å². The minimum Gasteiger partial charge on any atom is -0.395 e. The Labute approximate surface area is 213 Å². The molecule has 5 unspecified atom stereocenters. The zero-order chi connectivity index (χ0) is 24.6. The zero-order valence-corrected chi connectivity index (χ0v) is 22.7. The summed E-state index contributed by atoms with van der Waals surface area (Å²) in [5.74, 6) is 2.42. The second-order valence-electron chi connectivity index (χ2n) is 12.7. The topological polar surface area (TPSA) is 60.9 Å². The molecule has 7 atom stereocenters. The summed E-state index contributed by atoms with van der Waals surface area (Å²) in [6.45, 7) is 4.56. The molecule has 0 aromatic carbocycles. The van der Waals surface area contributed by atoms with E-state index in [1.165, 1.54) is 19.3 Å². The lowest BCUT2D eigenvalue weighted by Crippen LogP contribution is -2.71. The summed E-state index contributed by atoms with van der Waals surface area (Å²) in [5, 5.41) is 10.1. The van der Waals surface area contributed by atoms with E-state index in [0.717, 1.165) is 77.2 Å². The fraction of sp³-hybridized carbons (Fsp3) is 1.00. The quantitative estimate of drug-likeness (QED) is 0.564. The van der Waals surface area contributed by atoms with Gasteiger partial charge in [-0.1, -0.05) is 26.2 Å². The number of halogens is 1. The molecule has 0 aromatic rings. The van der Waals surface area contributed by atoms with Crippen molar-refractivity contribution < 1.29 is 17.9 Å². The SMILES string of the molecule is CC1CCCCC1S(=O)(=O)N1CCCCN2C(C1)[C@H](C1CCC(C3CCCC(F)C3)CC1)[C@H]2CO. The molecule has 1 N–H and O–H groups in total. The van der Waals surface area contributed by atoms with Crippen molar-refractivity contribution in [1.29, 1.82) is 0 Å². The Morgan fingerprint density at radius 3 is 2.26 bits per heavy atom. The molecule has 3 saturated carbocycles. The van der Waals surface area contributed by atoms with E-state index in [1.54, 1.807) is 0 Å². The molecule has 0 spiro atoms. The van der Waals surface area contributed by atoms with Crippen LogP contribution in [0.4, 0.5) is 4.39 Å². The Hall–Kier alpha value is -0.240. The number of nitrogens with zero attached hydrogens (tertiary/aromatic N) is 2. The first kappa shape index (κ1) is 26.4. The first-order valence-corrected chi connectivity index (χ1v) is 16.4. The molecule has 2 aliphatic heterocycles. The van der Waals surface area contributed by atoms with E-state index in [4.69, 9.17) is 0 Å². The lowest BCUT2D eigenvalue weighted by molar-refractivity contribution is -0.123. The number of alkyl halides is 1. The molecule has 5 aliphatic rings. The molecule has 35 heavy (non-hydrogen) atoms. The van der Waals surface area contributed by atoms with Gasteiger partial charge in [0.05, 0.1) is 11.9 Å². The smallest absolute Gasteiger partial charge is 0.217 e. The van der Waals surface area contributed by atoms with Gasteiger partial charge in [-0.25, -0.2) is 17.1 Å². The van der Waals surface area contributed by atoms with Gasteiger partial charge in [0.2, 0.25) is 10.0 Å². The van der Waals surface area contributed by atoms with Gasteiger partial charge in [0, 0.05) is 25.2 Å². The number of fused-ring (bicyclic) bond motifs is 1. The number of aliphatic hydroxyl groups excluding tert-OH is 1. The van der Waals surface area contributed by atoms with Crippen LogP contribution in [-0.4, -0.2) is 72.5 Å². The van der Waals surface area contributed by atoms with Gasteiger partial charge in [-0.15, -0.1) is 0 Å². The van der Waals surface area contributed by atoms with Crippen molar-refractivity contribution in [3.8, 4) is 0 Å². The number of hydrogen-bond acceptors (Lipinski definition) is 4. The Morgan fingerprint density at radius 1 is 0.829 bits per heavy atom. The third kappa shape index (κ3) is 5.35. The number of sulfonamides is 1. The average molecular weight is 513 g/mol. The molecule has 5 rings (SSSR count). The van der Waals surface area contributed by atoms with Gasteiger partial charge in [0.15, 0.2) is 0 Å². The molecule has 202 valence electrons. The predicted octanol–water partition coefficient (Wildman–Crippen LogP) is 4.99. The maximum absolute atomic E-state index is 14.0. The van der Waals surface area contributed by atoms with Crippen molar-refractivity contribution in [2.75, 3.05) is 26.2 Å². The predicted molar refractivity (Wildman–Crippen MR) is 138 cm³/mol. The lowest BCUT2D eigenvalue weighted by atomic mass is 9.63. The number of hydrogen-bond donors (Lipinski definition) is 1. The van der Waals surface area contributed by atoms with Crippen LogP contribution in [0.15, 0.2) is 0 Å². The molecular formula is C28H49FN2O3S. The molecule has 2 heterocycles. The fourth-order valence-corrected chi connectivity index (χ4v) is 11.2. The van der Waals surface area contributed by atoms with Crippen molar-refractivity contribution in [3.05, 3.63) is 0 Å². The van der Waals surface area contributed by atoms with E-state index < -0.39 is 16.2 Å². The molecule has 0 amide bonds. The van der Waals surface area contributed by atoms with Crippen LogP contribution in [0.2, 0.25) is 0 Å². The molecule has 3 aliphatic carbocycles. The van der Waals surface area contributed by atoms with E-state index in [2.05, 4.69) is 11.8 Å². The van der Waals surface area contributed by atoms with Crippen LogP contribution < -0.4 is 0 Å². The highest BCUT2D eigenvalue weighted by molar-refractivity contribution is 7.89. The Morgan fingerprint density at radius 2 is 1.54 bits per heavy atom. The van der Waals surface area contributed by atoms with Crippen molar-refractivity contribution in [1.82, 2.24) is 9.21 Å². The Balaban J connectivity index is 1.26.